The molecule has 0 bridgehead atoms. The van der Waals surface area contributed by atoms with E-state index in [9.17, 15) is 13.2 Å². The van der Waals surface area contributed by atoms with Crippen LogP contribution in [0.3, 0.4) is 0 Å². The zero-order chi connectivity index (χ0) is 15.6. The van der Waals surface area contributed by atoms with Gasteiger partial charge in [0.25, 0.3) is 5.91 Å². The highest BCUT2D eigenvalue weighted by Crippen LogP contribution is 2.18. The number of carbonyl (C=O) groups is 1. The number of carbonyl (C=O) groups excluding carboxylic acids is 1. The SMILES string of the molecule is CN(C(=S)NC(=O)c1ccccc1Br)C1CCS(=O)(=O)C1. The summed E-state index contributed by atoms with van der Waals surface area (Å²) in [5.74, 6) is -0.0719. The number of hydrogen-bond acceptors (Lipinski definition) is 4. The number of hydrogen-bond donors (Lipinski definition) is 1. The van der Waals surface area contributed by atoms with Gasteiger partial charge in [0.05, 0.1) is 17.1 Å². The molecular weight excluding hydrogens is 376 g/mol. The number of nitrogens with zero attached hydrogens (tertiary/aromatic N) is 1. The Morgan fingerprint density at radius 3 is 2.67 bits per heavy atom. The molecule has 1 atom stereocenters. The lowest BCUT2D eigenvalue weighted by Crippen LogP contribution is -2.46. The van der Waals surface area contributed by atoms with Gasteiger partial charge in [-0.1, -0.05) is 12.1 Å². The van der Waals surface area contributed by atoms with Gasteiger partial charge in [-0.15, -0.1) is 0 Å². The van der Waals surface area contributed by atoms with Crippen LogP contribution < -0.4 is 5.32 Å². The van der Waals surface area contributed by atoms with E-state index in [0.29, 0.717) is 16.5 Å². The standard InChI is InChI=1S/C13H15BrN2O3S2/c1-16(9-6-7-21(18,19)8-9)13(20)15-12(17)10-4-2-3-5-11(10)14/h2-5,9H,6-8H2,1H3,(H,15,17,20). The molecule has 1 aromatic rings. The zero-order valence-electron chi connectivity index (χ0n) is 11.4. The molecule has 8 heteroatoms. The highest BCUT2D eigenvalue weighted by molar-refractivity contribution is 9.10. The molecule has 1 aliphatic rings. The molecule has 0 radical (unpaired) electrons. The second kappa shape index (κ2) is 6.41. The van der Waals surface area contributed by atoms with Crippen molar-refractivity contribution in [3.8, 4) is 0 Å². The van der Waals surface area contributed by atoms with Crippen LogP contribution in [0.25, 0.3) is 0 Å². The van der Waals surface area contributed by atoms with Crippen LogP contribution in [0.2, 0.25) is 0 Å². The van der Waals surface area contributed by atoms with Gasteiger partial charge in [-0.25, -0.2) is 8.42 Å². The van der Waals surface area contributed by atoms with Crippen LogP contribution in [-0.2, 0) is 9.84 Å². The second-order valence-electron chi connectivity index (χ2n) is 4.91. The third kappa shape index (κ3) is 4.02. The number of rotatable bonds is 2. The largest absolute Gasteiger partial charge is 0.348 e. The first kappa shape index (κ1) is 16.4. The average molecular weight is 391 g/mol. The number of benzene rings is 1. The zero-order valence-corrected chi connectivity index (χ0v) is 14.6. The predicted molar refractivity (Wildman–Crippen MR) is 89.0 cm³/mol. The Hall–Kier alpha value is -0.990. The molecule has 1 N–H and O–H groups in total. The van der Waals surface area contributed by atoms with E-state index in [1.807, 2.05) is 6.07 Å². The molecule has 0 spiro atoms. The van der Waals surface area contributed by atoms with E-state index in [-0.39, 0.29) is 28.6 Å². The van der Waals surface area contributed by atoms with Crippen LogP contribution in [0.1, 0.15) is 16.8 Å². The normalized spacial score (nSPS) is 20.0. The minimum atomic E-state index is -2.98. The van der Waals surface area contributed by atoms with Crippen LogP contribution in [-0.4, -0.2) is 48.9 Å². The van der Waals surface area contributed by atoms with Crippen molar-refractivity contribution in [2.75, 3.05) is 18.6 Å². The van der Waals surface area contributed by atoms with Crippen molar-refractivity contribution in [3.05, 3.63) is 34.3 Å². The molecule has 1 heterocycles. The van der Waals surface area contributed by atoms with Crippen LogP contribution in [0.15, 0.2) is 28.7 Å². The summed E-state index contributed by atoms with van der Waals surface area (Å²) in [5.41, 5.74) is 0.479. The van der Waals surface area contributed by atoms with E-state index in [0.717, 1.165) is 0 Å². The van der Waals surface area contributed by atoms with Gasteiger partial charge >= 0.3 is 0 Å². The Kier molecular flexibility index (Phi) is 5.00. The maximum Gasteiger partial charge on any atom is 0.258 e. The van der Waals surface area contributed by atoms with Crippen molar-refractivity contribution in [2.24, 2.45) is 0 Å². The van der Waals surface area contributed by atoms with Gasteiger partial charge in [-0.3, -0.25) is 10.1 Å². The first-order chi connectivity index (χ1) is 9.80. The second-order valence-corrected chi connectivity index (χ2v) is 8.38. The summed E-state index contributed by atoms with van der Waals surface area (Å²) in [7, 11) is -1.28. The van der Waals surface area contributed by atoms with Gasteiger partial charge in [0.1, 0.15) is 0 Å². The molecule has 1 saturated heterocycles. The predicted octanol–water partition coefficient (Wildman–Crippen LogP) is 1.58. The summed E-state index contributed by atoms with van der Waals surface area (Å²) >= 11 is 8.50. The summed E-state index contributed by atoms with van der Waals surface area (Å²) in [6.07, 6.45) is 0.532. The fraction of sp³-hybridized carbons (Fsp3) is 0.385. The average Bonchev–Trinajstić information content (AvgIpc) is 2.78. The molecule has 5 nitrogen and oxygen atoms in total. The summed E-state index contributed by atoms with van der Waals surface area (Å²) in [6, 6.07) is 6.85. The third-order valence-electron chi connectivity index (χ3n) is 3.42. The summed E-state index contributed by atoms with van der Waals surface area (Å²) in [6.45, 7) is 0. The lowest BCUT2D eigenvalue weighted by molar-refractivity contribution is 0.0972. The van der Waals surface area contributed by atoms with Gasteiger partial charge in [0, 0.05) is 17.6 Å². The fourth-order valence-electron chi connectivity index (χ4n) is 2.14. The monoisotopic (exact) mass is 390 g/mol. The minimum absolute atomic E-state index is 0.0779. The molecule has 0 aromatic heterocycles. The molecule has 1 fully saturated rings. The van der Waals surface area contributed by atoms with Crippen LogP contribution in [0.5, 0.6) is 0 Å². The van der Waals surface area contributed by atoms with E-state index < -0.39 is 9.84 Å². The summed E-state index contributed by atoms with van der Waals surface area (Å²) in [5, 5.41) is 2.87. The van der Waals surface area contributed by atoms with Gasteiger partial charge in [-0.2, -0.15) is 0 Å². The summed E-state index contributed by atoms with van der Waals surface area (Å²) < 4.78 is 23.7. The molecular formula is C13H15BrN2O3S2. The topological polar surface area (TPSA) is 66.5 Å². The number of thiocarbonyl (C=S) groups is 1. The van der Waals surface area contributed by atoms with Crippen LogP contribution >= 0.6 is 28.1 Å². The third-order valence-corrected chi connectivity index (χ3v) is 6.25. The smallest absolute Gasteiger partial charge is 0.258 e. The lowest BCUT2D eigenvalue weighted by atomic mass is 10.2. The quantitative estimate of drug-likeness (QED) is 0.776. The molecule has 1 aliphatic heterocycles. The molecule has 1 unspecified atom stereocenters. The number of halogens is 1. The lowest BCUT2D eigenvalue weighted by Gasteiger charge is -2.26. The Morgan fingerprint density at radius 1 is 1.43 bits per heavy atom. The number of nitrogens with one attached hydrogen (secondary N) is 1. The molecule has 1 aromatic carbocycles. The highest BCUT2D eigenvalue weighted by Gasteiger charge is 2.32. The Morgan fingerprint density at radius 2 is 2.10 bits per heavy atom. The maximum atomic E-state index is 12.1. The van der Waals surface area contributed by atoms with Crippen LogP contribution in [0.4, 0.5) is 0 Å². The van der Waals surface area contributed by atoms with E-state index in [1.165, 1.54) is 0 Å². The molecule has 21 heavy (non-hydrogen) atoms. The fourth-order valence-corrected chi connectivity index (χ4v) is 4.63. The molecule has 2 rings (SSSR count). The van der Waals surface area contributed by atoms with Gasteiger partial charge in [-0.05, 0) is 46.7 Å². The Labute approximate surface area is 137 Å². The maximum absolute atomic E-state index is 12.1. The van der Waals surface area contributed by atoms with Crippen molar-refractivity contribution in [1.29, 1.82) is 0 Å². The first-order valence-electron chi connectivity index (χ1n) is 6.33. The Balaban J connectivity index is 2.02. The van der Waals surface area contributed by atoms with E-state index in [2.05, 4.69) is 21.2 Å². The van der Waals surface area contributed by atoms with Crippen molar-refractivity contribution in [2.45, 2.75) is 12.5 Å². The number of sulfone groups is 1. The van der Waals surface area contributed by atoms with Crippen molar-refractivity contribution < 1.29 is 13.2 Å². The van der Waals surface area contributed by atoms with Gasteiger partial charge in [0.2, 0.25) is 0 Å². The first-order valence-corrected chi connectivity index (χ1v) is 9.35. The number of amides is 1. The molecule has 1 amide bonds. The summed E-state index contributed by atoms with van der Waals surface area (Å²) in [4.78, 5) is 13.8. The van der Waals surface area contributed by atoms with Gasteiger partial charge in [0.15, 0.2) is 14.9 Å². The van der Waals surface area contributed by atoms with Gasteiger partial charge < -0.3 is 4.90 Å². The Bertz CT molecular complexity index is 676. The minimum Gasteiger partial charge on any atom is -0.348 e. The van der Waals surface area contributed by atoms with E-state index in [1.54, 1.807) is 30.1 Å². The van der Waals surface area contributed by atoms with E-state index >= 15 is 0 Å². The highest BCUT2D eigenvalue weighted by atomic mass is 79.9. The molecule has 0 saturated carbocycles. The van der Waals surface area contributed by atoms with Crippen molar-refractivity contribution >= 4 is 49.0 Å². The van der Waals surface area contributed by atoms with Crippen molar-refractivity contribution in [1.82, 2.24) is 10.2 Å². The van der Waals surface area contributed by atoms with Crippen LogP contribution in [0, 0.1) is 0 Å². The molecule has 0 aliphatic carbocycles. The molecule has 114 valence electrons. The van der Waals surface area contributed by atoms with Crippen molar-refractivity contribution in [3.63, 3.8) is 0 Å². The van der Waals surface area contributed by atoms with E-state index in [4.69, 9.17) is 12.2 Å².